The smallest absolute Gasteiger partial charge is 0.195 e. The van der Waals surface area contributed by atoms with Crippen molar-refractivity contribution in [2.75, 3.05) is 13.2 Å². The van der Waals surface area contributed by atoms with Gasteiger partial charge in [0.25, 0.3) is 0 Å². The topological polar surface area (TPSA) is 96.2 Å². The Morgan fingerprint density at radius 1 is 1.60 bits per heavy atom. The maximum atomic E-state index is 11.5. The van der Waals surface area contributed by atoms with Gasteiger partial charge in [-0.3, -0.25) is 4.79 Å². The molecular weight excluding hydrogens is 204 g/mol. The van der Waals surface area contributed by atoms with E-state index in [1.165, 1.54) is 0 Å². The van der Waals surface area contributed by atoms with Crippen LogP contribution in [0, 0.1) is 0 Å². The van der Waals surface area contributed by atoms with Crippen molar-refractivity contribution in [1.29, 1.82) is 0 Å². The molecular formula is C9H16O6. The molecule has 1 rings (SSSR count). The number of aliphatic hydroxyl groups excluding tert-OH is 3. The highest BCUT2D eigenvalue weighted by Gasteiger charge is 2.41. The van der Waals surface area contributed by atoms with Gasteiger partial charge in [0.15, 0.2) is 11.6 Å². The van der Waals surface area contributed by atoms with Crippen LogP contribution in [-0.4, -0.2) is 58.4 Å². The van der Waals surface area contributed by atoms with E-state index in [9.17, 15) is 9.90 Å². The van der Waals surface area contributed by atoms with Crippen LogP contribution in [-0.2, 0) is 14.3 Å². The Hall–Kier alpha value is -0.530. The molecule has 1 aliphatic rings. The fourth-order valence-corrected chi connectivity index (χ4v) is 1.32. The van der Waals surface area contributed by atoms with Crippen molar-refractivity contribution in [3.63, 3.8) is 0 Å². The van der Waals surface area contributed by atoms with Gasteiger partial charge in [-0.15, -0.1) is 0 Å². The Labute approximate surface area is 87.4 Å². The highest BCUT2D eigenvalue weighted by atomic mass is 16.7. The Kier molecular flexibility index (Phi) is 3.80. The zero-order valence-corrected chi connectivity index (χ0v) is 8.71. The van der Waals surface area contributed by atoms with Crippen molar-refractivity contribution < 1.29 is 29.6 Å². The Morgan fingerprint density at radius 3 is 2.73 bits per heavy atom. The molecule has 0 aromatic rings. The third-order valence-electron chi connectivity index (χ3n) is 2.14. The van der Waals surface area contributed by atoms with E-state index in [-0.39, 0.29) is 6.61 Å². The van der Waals surface area contributed by atoms with Gasteiger partial charge in [0.2, 0.25) is 0 Å². The summed E-state index contributed by atoms with van der Waals surface area (Å²) in [6.45, 7) is 2.48. The number of rotatable bonds is 3. The Bertz CT molecular complexity index is 239. The summed E-state index contributed by atoms with van der Waals surface area (Å²) in [6.07, 6.45) is -3.80. The molecule has 0 bridgehead atoms. The lowest BCUT2D eigenvalue weighted by atomic mass is 10.0. The first kappa shape index (κ1) is 12.5. The molecule has 3 N–H and O–H groups in total. The Morgan fingerprint density at radius 2 is 2.20 bits per heavy atom. The summed E-state index contributed by atoms with van der Waals surface area (Å²) < 4.78 is 10.3. The molecule has 3 atom stereocenters. The molecule has 0 spiro atoms. The maximum absolute atomic E-state index is 11.5. The molecule has 15 heavy (non-hydrogen) atoms. The van der Waals surface area contributed by atoms with Gasteiger partial charge in [-0.1, -0.05) is 0 Å². The van der Waals surface area contributed by atoms with Crippen LogP contribution < -0.4 is 0 Å². The molecule has 0 amide bonds. The van der Waals surface area contributed by atoms with Crippen molar-refractivity contribution in [3.05, 3.63) is 0 Å². The monoisotopic (exact) mass is 220 g/mol. The van der Waals surface area contributed by atoms with E-state index in [4.69, 9.17) is 19.7 Å². The SMILES string of the molecule is CC1(C)OC[C@@H](O)[C@@H](C(=O)[C@@H](O)CO)O1. The van der Waals surface area contributed by atoms with Crippen LogP contribution >= 0.6 is 0 Å². The molecule has 0 aliphatic carbocycles. The summed E-state index contributed by atoms with van der Waals surface area (Å²) in [7, 11) is 0. The number of Topliss-reactive ketones (excluding diaryl/α,β-unsaturated/α-hetero) is 1. The fourth-order valence-electron chi connectivity index (χ4n) is 1.32. The summed E-state index contributed by atoms with van der Waals surface area (Å²) >= 11 is 0. The summed E-state index contributed by atoms with van der Waals surface area (Å²) in [6, 6.07) is 0. The van der Waals surface area contributed by atoms with Gasteiger partial charge in [-0.05, 0) is 13.8 Å². The molecule has 1 fully saturated rings. The van der Waals surface area contributed by atoms with E-state index in [1.807, 2.05) is 0 Å². The number of aliphatic hydroxyl groups is 3. The predicted molar refractivity (Wildman–Crippen MR) is 49.0 cm³/mol. The molecule has 88 valence electrons. The van der Waals surface area contributed by atoms with Gasteiger partial charge < -0.3 is 24.8 Å². The molecule has 1 saturated heterocycles. The largest absolute Gasteiger partial charge is 0.393 e. The van der Waals surface area contributed by atoms with Crippen LogP contribution in [0.15, 0.2) is 0 Å². The molecule has 6 nitrogen and oxygen atoms in total. The summed E-state index contributed by atoms with van der Waals surface area (Å²) in [4.78, 5) is 11.5. The van der Waals surface area contributed by atoms with Crippen molar-refractivity contribution in [2.24, 2.45) is 0 Å². The lowest BCUT2D eigenvalue weighted by molar-refractivity contribution is -0.297. The first-order chi connectivity index (χ1) is 6.87. The Balaban J connectivity index is 2.70. The molecule has 0 saturated carbocycles. The van der Waals surface area contributed by atoms with Crippen LogP contribution in [0.4, 0.5) is 0 Å². The second-order valence-electron chi connectivity index (χ2n) is 3.92. The number of carbonyl (C=O) groups excluding carboxylic acids is 1. The molecule has 0 unspecified atom stereocenters. The number of hydrogen-bond donors (Lipinski definition) is 3. The fraction of sp³-hybridized carbons (Fsp3) is 0.889. The number of ether oxygens (including phenoxy) is 2. The molecule has 0 radical (unpaired) electrons. The van der Waals surface area contributed by atoms with Gasteiger partial charge in [0, 0.05) is 0 Å². The predicted octanol–water partition coefficient (Wildman–Crippen LogP) is -1.58. The van der Waals surface area contributed by atoms with Crippen LogP contribution in [0.5, 0.6) is 0 Å². The zero-order valence-electron chi connectivity index (χ0n) is 8.71. The van der Waals surface area contributed by atoms with Crippen LogP contribution in [0.1, 0.15) is 13.8 Å². The highest BCUT2D eigenvalue weighted by Crippen LogP contribution is 2.23. The van der Waals surface area contributed by atoms with Crippen LogP contribution in [0.25, 0.3) is 0 Å². The third-order valence-corrected chi connectivity index (χ3v) is 2.14. The lowest BCUT2D eigenvalue weighted by Gasteiger charge is -2.38. The molecule has 0 aromatic carbocycles. The summed E-state index contributed by atoms with van der Waals surface area (Å²) in [5, 5.41) is 27.2. The van der Waals surface area contributed by atoms with Crippen molar-refractivity contribution in [2.45, 2.75) is 37.9 Å². The van der Waals surface area contributed by atoms with Gasteiger partial charge in [0.05, 0.1) is 13.2 Å². The highest BCUT2D eigenvalue weighted by molar-refractivity contribution is 5.88. The van der Waals surface area contributed by atoms with E-state index < -0.39 is 36.5 Å². The van der Waals surface area contributed by atoms with Crippen molar-refractivity contribution in [3.8, 4) is 0 Å². The first-order valence-corrected chi connectivity index (χ1v) is 4.70. The zero-order chi connectivity index (χ0) is 11.6. The van der Waals surface area contributed by atoms with E-state index in [1.54, 1.807) is 13.8 Å². The molecule has 6 heteroatoms. The quantitative estimate of drug-likeness (QED) is 0.531. The van der Waals surface area contributed by atoms with E-state index in [2.05, 4.69) is 0 Å². The van der Waals surface area contributed by atoms with Gasteiger partial charge >= 0.3 is 0 Å². The maximum Gasteiger partial charge on any atom is 0.195 e. The van der Waals surface area contributed by atoms with Crippen LogP contribution in [0.3, 0.4) is 0 Å². The third kappa shape index (κ3) is 2.96. The molecule has 1 aliphatic heterocycles. The number of hydrogen-bond acceptors (Lipinski definition) is 6. The van der Waals surface area contributed by atoms with Crippen molar-refractivity contribution in [1.82, 2.24) is 0 Å². The second-order valence-corrected chi connectivity index (χ2v) is 3.92. The van der Waals surface area contributed by atoms with E-state index in [0.717, 1.165) is 0 Å². The average molecular weight is 220 g/mol. The van der Waals surface area contributed by atoms with Gasteiger partial charge in [0.1, 0.15) is 18.3 Å². The summed E-state index contributed by atoms with van der Waals surface area (Å²) in [5.41, 5.74) is 0. The average Bonchev–Trinajstić information content (AvgIpc) is 2.19. The molecule has 1 heterocycles. The van der Waals surface area contributed by atoms with Gasteiger partial charge in [-0.25, -0.2) is 0 Å². The van der Waals surface area contributed by atoms with Crippen molar-refractivity contribution >= 4 is 5.78 Å². The first-order valence-electron chi connectivity index (χ1n) is 4.70. The van der Waals surface area contributed by atoms with E-state index >= 15 is 0 Å². The van der Waals surface area contributed by atoms with E-state index in [0.29, 0.717) is 0 Å². The minimum absolute atomic E-state index is 0.0401. The van der Waals surface area contributed by atoms with Gasteiger partial charge in [-0.2, -0.15) is 0 Å². The molecule has 0 aromatic heterocycles. The number of carbonyl (C=O) groups is 1. The summed E-state index contributed by atoms with van der Waals surface area (Å²) in [5.74, 6) is -1.71. The minimum atomic E-state index is -1.53. The lowest BCUT2D eigenvalue weighted by Crippen LogP contribution is -2.54. The van der Waals surface area contributed by atoms with Crippen LogP contribution in [0.2, 0.25) is 0 Å². The minimum Gasteiger partial charge on any atom is -0.393 e. The standard InChI is InChI=1S/C9H16O6/c1-9(2)14-4-6(12)8(15-9)7(13)5(11)3-10/h5-6,8,10-12H,3-4H2,1-2H3/t5-,6+,8-/m0/s1. The number of ketones is 1. The normalized spacial score (nSPS) is 32.3. The second kappa shape index (κ2) is 4.54.